The van der Waals surface area contributed by atoms with Crippen molar-refractivity contribution in [3.63, 3.8) is 0 Å². The highest BCUT2D eigenvalue weighted by Crippen LogP contribution is 2.48. The number of carbonyl (C=O) groups is 2. The number of ether oxygens (including phenoxy) is 1. The molecule has 1 spiro atoms. The molecule has 0 unspecified atom stereocenters. The Kier molecular flexibility index (Phi) is 5.18. The smallest absolute Gasteiger partial charge is 0.230 e. The summed E-state index contributed by atoms with van der Waals surface area (Å²) in [5.41, 5.74) is 2.84. The van der Waals surface area contributed by atoms with Gasteiger partial charge in [0.25, 0.3) is 0 Å². The molecule has 5 heteroatoms. The zero-order chi connectivity index (χ0) is 20.7. The highest BCUT2D eigenvalue weighted by atomic mass is 16.5. The van der Waals surface area contributed by atoms with Crippen LogP contribution in [-0.2, 0) is 16.0 Å². The van der Waals surface area contributed by atoms with Crippen molar-refractivity contribution in [3.05, 3.63) is 41.5 Å². The van der Waals surface area contributed by atoms with Crippen LogP contribution in [0.5, 0.6) is 5.75 Å². The quantitative estimate of drug-likeness (QED) is 0.552. The number of likely N-dealkylation sites (tertiary alicyclic amines) is 2. The van der Waals surface area contributed by atoms with E-state index >= 15 is 0 Å². The van der Waals surface area contributed by atoms with Gasteiger partial charge in [-0.3, -0.25) is 19.4 Å². The Morgan fingerprint density at radius 3 is 2.53 bits per heavy atom. The number of hydrogen-bond donors (Lipinski definition) is 0. The second-order valence-corrected chi connectivity index (χ2v) is 9.75. The minimum Gasteiger partial charge on any atom is -0.496 e. The molecule has 2 atom stereocenters. The number of fused-ring (bicyclic) bond motifs is 3. The van der Waals surface area contributed by atoms with Crippen molar-refractivity contribution in [3.8, 4) is 5.75 Å². The first-order chi connectivity index (χ1) is 14.6. The van der Waals surface area contributed by atoms with Crippen molar-refractivity contribution in [2.45, 2.75) is 50.9 Å². The van der Waals surface area contributed by atoms with E-state index in [1.165, 1.54) is 16.0 Å². The highest BCUT2D eigenvalue weighted by Gasteiger charge is 2.45. The normalized spacial score (nSPS) is 28.0. The van der Waals surface area contributed by atoms with Gasteiger partial charge < -0.3 is 4.74 Å². The Labute approximate surface area is 179 Å². The number of nitrogens with zero attached hydrogens (tertiary/aromatic N) is 2. The molecule has 0 N–H and O–H groups in total. The van der Waals surface area contributed by atoms with Crippen LogP contribution in [0.15, 0.2) is 30.4 Å². The lowest BCUT2D eigenvalue weighted by atomic mass is 9.76. The number of benzene rings is 1. The van der Waals surface area contributed by atoms with E-state index in [4.69, 9.17) is 4.74 Å². The van der Waals surface area contributed by atoms with Crippen molar-refractivity contribution in [1.29, 1.82) is 0 Å². The van der Waals surface area contributed by atoms with Crippen LogP contribution in [0.4, 0.5) is 0 Å². The van der Waals surface area contributed by atoms with Crippen LogP contribution < -0.4 is 4.74 Å². The molecule has 1 aromatic carbocycles. The van der Waals surface area contributed by atoms with Crippen molar-refractivity contribution in [1.82, 2.24) is 9.80 Å². The Morgan fingerprint density at radius 1 is 1.07 bits per heavy atom. The summed E-state index contributed by atoms with van der Waals surface area (Å²) in [5.74, 6) is 2.30. The summed E-state index contributed by atoms with van der Waals surface area (Å²) >= 11 is 0. The Hall–Kier alpha value is -2.14. The topological polar surface area (TPSA) is 49.9 Å². The summed E-state index contributed by atoms with van der Waals surface area (Å²) in [4.78, 5) is 29.1. The van der Waals surface area contributed by atoms with E-state index in [1.807, 2.05) is 6.08 Å². The third-order valence-corrected chi connectivity index (χ3v) is 7.88. The predicted octanol–water partition coefficient (Wildman–Crippen LogP) is 3.53. The van der Waals surface area contributed by atoms with Gasteiger partial charge in [-0.15, -0.1) is 0 Å². The minimum atomic E-state index is -0.0148. The van der Waals surface area contributed by atoms with Crippen LogP contribution >= 0.6 is 0 Å². The van der Waals surface area contributed by atoms with E-state index in [9.17, 15) is 9.59 Å². The highest BCUT2D eigenvalue weighted by molar-refractivity contribution is 5.98. The number of methoxy groups -OCH3 is 1. The van der Waals surface area contributed by atoms with E-state index in [-0.39, 0.29) is 17.2 Å². The van der Waals surface area contributed by atoms with E-state index in [0.717, 1.165) is 57.5 Å². The van der Waals surface area contributed by atoms with Gasteiger partial charge in [0.2, 0.25) is 11.8 Å². The van der Waals surface area contributed by atoms with E-state index in [0.29, 0.717) is 31.2 Å². The largest absolute Gasteiger partial charge is 0.496 e. The SMILES string of the molecule is COc1cccc2c1[C@H]1CN(CC=CCN3C(=O)CC4(CCCC4)CC3=O)C[C@@H]1C2. The van der Waals surface area contributed by atoms with Crippen molar-refractivity contribution >= 4 is 11.8 Å². The lowest BCUT2D eigenvalue weighted by Gasteiger charge is -2.36. The van der Waals surface area contributed by atoms with Gasteiger partial charge in [0, 0.05) is 50.5 Å². The van der Waals surface area contributed by atoms with Crippen LogP contribution in [0.3, 0.4) is 0 Å². The Morgan fingerprint density at radius 2 is 1.80 bits per heavy atom. The zero-order valence-corrected chi connectivity index (χ0v) is 17.9. The van der Waals surface area contributed by atoms with Crippen LogP contribution in [0.2, 0.25) is 0 Å². The molecule has 5 nitrogen and oxygen atoms in total. The molecule has 2 aliphatic heterocycles. The first-order valence-corrected chi connectivity index (χ1v) is 11.4. The van der Waals surface area contributed by atoms with Gasteiger partial charge in [-0.05, 0) is 42.2 Å². The monoisotopic (exact) mass is 408 g/mol. The van der Waals surface area contributed by atoms with Gasteiger partial charge in [0.05, 0.1) is 7.11 Å². The molecular weight excluding hydrogens is 376 g/mol. The van der Waals surface area contributed by atoms with E-state index in [1.54, 1.807) is 7.11 Å². The maximum atomic E-state index is 12.6. The number of amides is 2. The fraction of sp³-hybridized carbons (Fsp3) is 0.600. The van der Waals surface area contributed by atoms with E-state index < -0.39 is 0 Å². The lowest BCUT2D eigenvalue weighted by molar-refractivity contribution is -0.152. The fourth-order valence-electron chi connectivity index (χ4n) is 6.41. The summed E-state index contributed by atoms with van der Waals surface area (Å²) < 4.78 is 5.62. The molecule has 0 aromatic heterocycles. The zero-order valence-electron chi connectivity index (χ0n) is 17.9. The van der Waals surface area contributed by atoms with Gasteiger partial charge in [0.15, 0.2) is 0 Å². The molecule has 30 heavy (non-hydrogen) atoms. The number of imide groups is 1. The summed E-state index contributed by atoms with van der Waals surface area (Å²) in [6.45, 7) is 3.44. The maximum Gasteiger partial charge on any atom is 0.230 e. The standard InChI is InChI=1S/C25H32N2O3/c1-30-21-8-6-7-18-13-19-16-26(17-20(19)24(18)21)11-4-5-12-27-22(28)14-25(15-23(27)29)9-2-3-10-25/h4-8,19-20H,2-3,9-17H2,1H3/t19-,20-/m0/s1. The molecule has 1 saturated carbocycles. The molecule has 2 saturated heterocycles. The first-order valence-electron chi connectivity index (χ1n) is 11.4. The molecule has 5 rings (SSSR count). The van der Waals surface area contributed by atoms with E-state index in [2.05, 4.69) is 29.2 Å². The average molecular weight is 409 g/mol. The Balaban J connectivity index is 1.15. The number of piperidine rings is 1. The Bertz CT molecular complexity index is 851. The summed E-state index contributed by atoms with van der Waals surface area (Å²) in [7, 11) is 1.76. The molecule has 2 aliphatic carbocycles. The number of rotatable bonds is 5. The lowest BCUT2D eigenvalue weighted by Crippen LogP contribution is -2.47. The summed E-state index contributed by atoms with van der Waals surface area (Å²) in [6, 6.07) is 6.41. The molecular formula is C25H32N2O3. The van der Waals surface area contributed by atoms with Crippen molar-refractivity contribution < 1.29 is 14.3 Å². The molecule has 160 valence electrons. The van der Waals surface area contributed by atoms with Gasteiger partial charge in [-0.1, -0.05) is 37.1 Å². The van der Waals surface area contributed by atoms with Gasteiger partial charge in [0.1, 0.15) is 5.75 Å². The van der Waals surface area contributed by atoms with Gasteiger partial charge in [-0.2, -0.15) is 0 Å². The molecule has 2 heterocycles. The second kappa shape index (κ2) is 7.84. The summed E-state index contributed by atoms with van der Waals surface area (Å²) in [5, 5.41) is 0. The van der Waals surface area contributed by atoms with Gasteiger partial charge >= 0.3 is 0 Å². The summed E-state index contributed by atoms with van der Waals surface area (Å²) in [6.07, 6.45) is 10.8. The molecule has 1 aromatic rings. The van der Waals surface area contributed by atoms with Crippen molar-refractivity contribution in [2.24, 2.45) is 11.3 Å². The number of carbonyl (C=O) groups excluding carboxylic acids is 2. The van der Waals surface area contributed by atoms with Crippen LogP contribution in [0, 0.1) is 11.3 Å². The molecule has 3 fully saturated rings. The predicted molar refractivity (Wildman–Crippen MR) is 115 cm³/mol. The minimum absolute atomic E-state index is 0.0148. The molecule has 4 aliphatic rings. The van der Waals surface area contributed by atoms with Crippen molar-refractivity contribution in [2.75, 3.05) is 33.3 Å². The fourth-order valence-corrected chi connectivity index (χ4v) is 6.41. The molecule has 2 amide bonds. The first kappa shape index (κ1) is 19.8. The molecule has 0 radical (unpaired) electrons. The maximum absolute atomic E-state index is 12.6. The van der Waals surface area contributed by atoms with Gasteiger partial charge in [-0.25, -0.2) is 0 Å². The number of hydrogen-bond acceptors (Lipinski definition) is 4. The molecule has 0 bridgehead atoms. The van der Waals surface area contributed by atoms with Crippen LogP contribution in [0.1, 0.15) is 55.6 Å². The van der Waals surface area contributed by atoms with Crippen LogP contribution in [0.25, 0.3) is 0 Å². The third kappa shape index (κ3) is 3.47. The van der Waals surface area contributed by atoms with Crippen LogP contribution in [-0.4, -0.2) is 54.9 Å². The average Bonchev–Trinajstić information content (AvgIpc) is 3.41. The second-order valence-electron chi connectivity index (χ2n) is 9.75. The third-order valence-electron chi connectivity index (χ3n) is 7.88.